The molecule has 0 saturated carbocycles. The number of aliphatic hydroxyl groups excluding tert-OH is 1. The van der Waals surface area contributed by atoms with Gasteiger partial charge in [0.25, 0.3) is 0 Å². The van der Waals surface area contributed by atoms with Gasteiger partial charge in [0.05, 0.1) is 12.2 Å². The molecular formula is C10H14F6O2. The number of aliphatic hydroxyl groups is 1. The number of hydrogen-bond acceptors (Lipinski definition) is 2. The van der Waals surface area contributed by atoms with E-state index in [1.165, 1.54) is 0 Å². The molecule has 1 aliphatic rings. The third-order valence-corrected chi connectivity index (χ3v) is 2.90. The van der Waals surface area contributed by atoms with Gasteiger partial charge in [-0.3, -0.25) is 0 Å². The van der Waals surface area contributed by atoms with Crippen molar-refractivity contribution in [3.63, 3.8) is 0 Å². The molecular weight excluding hydrogens is 266 g/mol. The summed E-state index contributed by atoms with van der Waals surface area (Å²) in [6, 6.07) is 0. The Kier molecular flexibility index (Phi) is 4.88. The van der Waals surface area contributed by atoms with Crippen LogP contribution in [-0.4, -0.2) is 36.3 Å². The largest absolute Gasteiger partial charge is 0.403 e. The third kappa shape index (κ3) is 4.31. The monoisotopic (exact) mass is 280 g/mol. The molecule has 0 amide bonds. The van der Waals surface area contributed by atoms with Gasteiger partial charge >= 0.3 is 12.4 Å². The summed E-state index contributed by atoms with van der Waals surface area (Å²) in [5, 5.41) is 9.14. The second kappa shape index (κ2) is 5.64. The van der Waals surface area contributed by atoms with Crippen molar-refractivity contribution in [2.24, 2.45) is 5.92 Å². The van der Waals surface area contributed by atoms with Crippen LogP contribution in [-0.2, 0) is 4.74 Å². The maximum Gasteiger partial charge on any atom is 0.403 e. The second-order valence-electron chi connectivity index (χ2n) is 4.34. The average molecular weight is 280 g/mol. The molecule has 0 aromatic carbocycles. The predicted octanol–water partition coefficient (Wildman–Crippen LogP) is 3.05. The average Bonchev–Trinajstić information content (AvgIpc) is 2.61. The van der Waals surface area contributed by atoms with Crippen molar-refractivity contribution in [1.82, 2.24) is 0 Å². The minimum Gasteiger partial charge on any atom is -0.392 e. The van der Waals surface area contributed by atoms with Gasteiger partial charge < -0.3 is 9.84 Å². The zero-order valence-electron chi connectivity index (χ0n) is 9.39. The van der Waals surface area contributed by atoms with E-state index >= 15 is 0 Å². The topological polar surface area (TPSA) is 29.5 Å². The summed E-state index contributed by atoms with van der Waals surface area (Å²) in [5.74, 6) is -3.69. The van der Waals surface area contributed by atoms with E-state index in [0.29, 0.717) is 13.0 Å². The highest BCUT2D eigenvalue weighted by Crippen LogP contribution is 2.42. The molecule has 1 rings (SSSR count). The Morgan fingerprint density at radius 2 is 1.67 bits per heavy atom. The number of rotatable bonds is 4. The van der Waals surface area contributed by atoms with Crippen molar-refractivity contribution in [1.29, 1.82) is 0 Å². The minimum absolute atomic E-state index is 0.00380. The van der Waals surface area contributed by atoms with Crippen LogP contribution >= 0.6 is 0 Å². The minimum atomic E-state index is -5.49. The Labute approximate surface area is 99.9 Å². The SMILES string of the molecule is OC(CCC1CCCO1)C(C(F)(F)F)C(F)(F)F. The first-order valence-electron chi connectivity index (χ1n) is 5.55. The number of hydrogen-bond donors (Lipinski definition) is 1. The molecule has 8 heteroatoms. The number of halogens is 6. The lowest BCUT2D eigenvalue weighted by atomic mass is 9.95. The molecule has 2 atom stereocenters. The molecule has 0 aromatic heterocycles. The van der Waals surface area contributed by atoms with Crippen LogP contribution in [0.1, 0.15) is 25.7 Å². The molecule has 0 aromatic rings. The highest BCUT2D eigenvalue weighted by Gasteiger charge is 2.59. The van der Waals surface area contributed by atoms with Crippen molar-refractivity contribution in [2.45, 2.75) is 50.2 Å². The number of ether oxygens (including phenoxy) is 1. The van der Waals surface area contributed by atoms with E-state index in [9.17, 15) is 26.3 Å². The molecule has 0 aliphatic carbocycles. The van der Waals surface area contributed by atoms with Gasteiger partial charge in [0.2, 0.25) is 0 Å². The van der Waals surface area contributed by atoms with Gasteiger partial charge in [0, 0.05) is 6.61 Å². The first-order valence-corrected chi connectivity index (χ1v) is 5.55. The summed E-state index contributed by atoms with van der Waals surface area (Å²) < 4.78 is 78.6. The molecule has 0 bridgehead atoms. The molecule has 108 valence electrons. The summed E-state index contributed by atoms with van der Waals surface area (Å²) >= 11 is 0. The fourth-order valence-electron chi connectivity index (χ4n) is 2.02. The van der Waals surface area contributed by atoms with Crippen LogP contribution in [0, 0.1) is 5.92 Å². The van der Waals surface area contributed by atoms with Crippen molar-refractivity contribution < 1.29 is 36.2 Å². The van der Waals surface area contributed by atoms with E-state index in [4.69, 9.17) is 9.84 Å². The lowest BCUT2D eigenvalue weighted by Crippen LogP contribution is -2.45. The van der Waals surface area contributed by atoms with Crippen LogP contribution in [0.5, 0.6) is 0 Å². The Morgan fingerprint density at radius 1 is 1.11 bits per heavy atom. The quantitative estimate of drug-likeness (QED) is 0.802. The van der Waals surface area contributed by atoms with Crippen molar-refractivity contribution in [2.75, 3.05) is 6.61 Å². The molecule has 0 spiro atoms. The smallest absolute Gasteiger partial charge is 0.392 e. The Hall–Kier alpha value is -0.500. The van der Waals surface area contributed by atoms with E-state index < -0.39 is 30.8 Å². The molecule has 2 nitrogen and oxygen atoms in total. The van der Waals surface area contributed by atoms with Crippen molar-refractivity contribution in [3.8, 4) is 0 Å². The maximum atomic E-state index is 12.3. The van der Waals surface area contributed by atoms with Crippen LogP contribution in [0.2, 0.25) is 0 Å². The van der Waals surface area contributed by atoms with Gasteiger partial charge in [-0.25, -0.2) is 0 Å². The van der Waals surface area contributed by atoms with Gasteiger partial charge in [-0.05, 0) is 25.7 Å². The highest BCUT2D eigenvalue weighted by molar-refractivity contribution is 4.83. The van der Waals surface area contributed by atoms with E-state index in [0.717, 1.165) is 6.42 Å². The molecule has 1 heterocycles. The van der Waals surface area contributed by atoms with Crippen LogP contribution in [0.15, 0.2) is 0 Å². The van der Waals surface area contributed by atoms with Gasteiger partial charge in [-0.1, -0.05) is 0 Å². The summed E-state index contributed by atoms with van der Waals surface area (Å²) in [5.41, 5.74) is 0. The normalized spacial score (nSPS) is 23.7. The molecule has 0 radical (unpaired) electrons. The third-order valence-electron chi connectivity index (χ3n) is 2.90. The zero-order chi connectivity index (χ0) is 14.0. The zero-order valence-corrected chi connectivity index (χ0v) is 9.39. The van der Waals surface area contributed by atoms with Gasteiger partial charge in [-0.2, -0.15) is 26.3 Å². The fourth-order valence-corrected chi connectivity index (χ4v) is 2.02. The van der Waals surface area contributed by atoms with Gasteiger partial charge in [-0.15, -0.1) is 0 Å². The first kappa shape index (κ1) is 15.6. The second-order valence-corrected chi connectivity index (χ2v) is 4.34. The molecule has 1 aliphatic heterocycles. The Morgan fingerprint density at radius 3 is 2.06 bits per heavy atom. The number of alkyl halides is 6. The van der Waals surface area contributed by atoms with Crippen LogP contribution in [0.3, 0.4) is 0 Å². The molecule has 18 heavy (non-hydrogen) atoms. The molecule has 2 unspecified atom stereocenters. The lowest BCUT2D eigenvalue weighted by Gasteiger charge is -2.27. The molecule has 1 fully saturated rings. The van der Waals surface area contributed by atoms with E-state index in [-0.39, 0.29) is 12.5 Å². The predicted molar refractivity (Wildman–Crippen MR) is 49.8 cm³/mol. The Balaban J connectivity index is 2.56. The van der Waals surface area contributed by atoms with Crippen molar-refractivity contribution >= 4 is 0 Å². The Bertz CT molecular complexity index is 242. The van der Waals surface area contributed by atoms with E-state index in [1.807, 2.05) is 0 Å². The van der Waals surface area contributed by atoms with Crippen molar-refractivity contribution in [3.05, 3.63) is 0 Å². The standard InChI is InChI=1S/C10H14F6O2/c11-9(12,13)8(10(14,15)16)7(17)4-3-6-2-1-5-18-6/h6-8,17H,1-5H2. The van der Waals surface area contributed by atoms with Crippen LogP contribution < -0.4 is 0 Å². The molecule has 1 N–H and O–H groups in total. The summed E-state index contributed by atoms with van der Waals surface area (Å²) in [6.45, 7) is 0.461. The maximum absolute atomic E-state index is 12.3. The fraction of sp³-hybridized carbons (Fsp3) is 1.00. The lowest BCUT2D eigenvalue weighted by molar-refractivity contribution is -0.306. The summed E-state index contributed by atoms with van der Waals surface area (Å²) in [4.78, 5) is 0. The van der Waals surface area contributed by atoms with Crippen LogP contribution in [0.4, 0.5) is 26.3 Å². The van der Waals surface area contributed by atoms with Crippen LogP contribution in [0.25, 0.3) is 0 Å². The summed E-state index contributed by atoms with van der Waals surface area (Å²) in [6.07, 6.45) is -13.0. The van der Waals surface area contributed by atoms with E-state index in [2.05, 4.69) is 0 Å². The van der Waals surface area contributed by atoms with Gasteiger partial charge in [0.15, 0.2) is 5.92 Å². The highest BCUT2D eigenvalue weighted by atomic mass is 19.4. The first-order chi connectivity index (χ1) is 8.12. The van der Waals surface area contributed by atoms with Gasteiger partial charge in [0.1, 0.15) is 0 Å². The molecule has 1 saturated heterocycles. The van der Waals surface area contributed by atoms with E-state index in [1.54, 1.807) is 0 Å². The summed E-state index contributed by atoms with van der Waals surface area (Å²) in [7, 11) is 0.